The van der Waals surface area contributed by atoms with Crippen molar-refractivity contribution >= 4 is 0 Å². The van der Waals surface area contributed by atoms with Gasteiger partial charge in [0.1, 0.15) is 0 Å². The van der Waals surface area contributed by atoms with E-state index in [0.717, 1.165) is 48.3 Å². The number of allylic oxidation sites excluding steroid dienone is 1. The van der Waals surface area contributed by atoms with Gasteiger partial charge in [0.15, 0.2) is 0 Å². The van der Waals surface area contributed by atoms with Gasteiger partial charge in [-0.1, -0.05) is 52.7 Å². The molecule has 3 unspecified atom stereocenters. The largest absolute Gasteiger partial charge is 0.393 e. The third-order valence-corrected chi connectivity index (χ3v) is 11.5. The lowest BCUT2D eigenvalue weighted by molar-refractivity contribution is -0.0573. The van der Waals surface area contributed by atoms with Gasteiger partial charge in [-0.3, -0.25) is 0 Å². The van der Waals surface area contributed by atoms with Gasteiger partial charge in [0, 0.05) is 0 Å². The third kappa shape index (κ3) is 3.19. The molecule has 1 heteroatoms. The maximum Gasteiger partial charge on any atom is 0.0577 e. The molecule has 5 aliphatic carbocycles. The summed E-state index contributed by atoms with van der Waals surface area (Å²) in [5, 5.41) is 10.2. The highest BCUT2D eigenvalue weighted by atomic mass is 16.3. The van der Waals surface area contributed by atoms with Crippen LogP contribution in [0.25, 0.3) is 0 Å². The third-order valence-electron chi connectivity index (χ3n) is 11.5. The van der Waals surface area contributed by atoms with Crippen LogP contribution in [0.2, 0.25) is 0 Å². The standard InChI is InChI=1S/C28H46O/c1-18(6-7-20-17-26(20,2)3)23-10-11-24-22-9-8-19-16-21(29)12-14-27(19,4)25(22)13-15-28(23,24)5/h8,18,20-25,29H,6-7,9-17H2,1-5H3/t18-,20-,21+,22?,23-,24?,25?,27+,28-/m1/s1. The molecule has 0 bridgehead atoms. The second-order valence-corrected chi connectivity index (χ2v) is 13.3. The van der Waals surface area contributed by atoms with Gasteiger partial charge < -0.3 is 5.11 Å². The molecule has 4 saturated carbocycles. The van der Waals surface area contributed by atoms with Crippen molar-refractivity contribution in [2.45, 2.75) is 111 Å². The van der Waals surface area contributed by atoms with Crippen LogP contribution in [0.4, 0.5) is 0 Å². The Bertz CT molecular complexity index is 676. The summed E-state index contributed by atoms with van der Waals surface area (Å²) in [6.07, 6.45) is 17.3. The fourth-order valence-electron chi connectivity index (χ4n) is 9.35. The predicted molar refractivity (Wildman–Crippen MR) is 121 cm³/mol. The van der Waals surface area contributed by atoms with Crippen molar-refractivity contribution in [2.24, 2.45) is 51.8 Å². The molecule has 0 aromatic carbocycles. The van der Waals surface area contributed by atoms with E-state index in [1.165, 1.54) is 57.8 Å². The fraction of sp³-hybridized carbons (Fsp3) is 0.929. The van der Waals surface area contributed by atoms with E-state index in [1.54, 1.807) is 5.57 Å². The van der Waals surface area contributed by atoms with Crippen LogP contribution in [-0.2, 0) is 0 Å². The van der Waals surface area contributed by atoms with E-state index in [4.69, 9.17) is 0 Å². The molecule has 0 heterocycles. The van der Waals surface area contributed by atoms with Crippen LogP contribution in [0.15, 0.2) is 11.6 Å². The SMILES string of the molecule is C[C@H](CC[C@@H]1CC1(C)C)[C@H]1CCC2C3CC=C4C[C@@H](O)CC[C@]4(C)C3CC[C@@]21C. The highest BCUT2D eigenvalue weighted by molar-refractivity contribution is 5.25. The molecule has 5 rings (SSSR count). The minimum absolute atomic E-state index is 0.0760. The van der Waals surface area contributed by atoms with Gasteiger partial charge in [0.25, 0.3) is 0 Å². The Morgan fingerprint density at radius 2 is 1.79 bits per heavy atom. The minimum atomic E-state index is -0.0760. The quantitative estimate of drug-likeness (QED) is 0.489. The Balaban J connectivity index is 1.30. The molecule has 9 atom stereocenters. The lowest BCUT2D eigenvalue weighted by atomic mass is 9.47. The molecule has 1 nitrogen and oxygen atoms in total. The average Bonchev–Trinajstić information content (AvgIpc) is 3.11. The summed E-state index contributed by atoms with van der Waals surface area (Å²) in [5.74, 6) is 5.63. The predicted octanol–water partition coefficient (Wildman–Crippen LogP) is 7.39. The Kier molecular flexibility index (Phi) is 4.86. The zero-order chi connectivity index (χ0) is 20.6. The fourth-order valence-corrected chi connectivity index (χ4v) is 9.35. The van der Waals surface area contributed by atoms with Crippen molar-refractivity contribution < 1.29 is 5.11 Å². The molecule has 0 aliphatic heterocycles. The first-order chi connectivity index (χ1) is 13.6. The highest BCUT2D eigenvalue weighted by Crippen LogP contribution is 2.67. The van der Waals surface area contributed by atoms with Crippen molar-refractivity contribution in [3.8, 4) is 0 Å². The second-order valence-electron chi connectivity index (χ2n) is 13.3. The maximum absolute atomic E-state index is 10.2. The van der Waals surface area contributed by atoms with E-state index in [0.29, 0.717) is 16.2 Å². The molecule has 0 radical (unpaired) electrons. The maximum atomic E-state index is 10.2. The van der Waals surface area contributed by atoms with E-state index in [-0.39, 0.29) is 6.10 Å². The minimum Gasteiger partial charge on any atom is -0.393 e. The Morgan fingerprint density at radius 1 is 1.03 bits per heavy atom. The second kappa shape index (κ2) is 6.85. The molecule has 5 aliphatic rings. The topological polar surface area (TPSA) is 20.2 Å². The van der Waals surface area contributed by atoms with Crippen molar-refractivity contribution in [2.75, 3.05) is 0 Å². The zero-order valence-corrected chi connectivity index (χ0v) is 19.8. The van der Waals surface area contributed by atoms with Crippen LogP contribution >= 0.6 is 0 Å². The number of aliphatic hydroxyl groups excluding tert-OH is 1. The van der Waals surface area contributed by atoms with Gasteiger partial charge in [-0.05, 0) is 116 Å². The molecule has 29 heavy (non-hydrogen) atoms. The smallest absolute Gasteiger partial charge is 0.0577 e. The summed E-state index contributed by atoms with van der Waals surface area (Å²) >= 11 is 0. The van der Waals surface area contributed by atoms with Gasteiger partial charge in [0.2, 0.25) is 0 Å². The summed E-state index contributed by atoms with van der Waals surface area (Å²) in [6.45, 7) is 12.8. The first-order valence-corrected chi connectivity index (χ1v) is 13.0. The molecule has 0 aromatic rings. The molecular weight excluding hydrogens is 352 g/mol. The summed E-state index contributed by atoms with van der Waals surface area (Å²) in [7, 11) is 0. The molecule has 164 valence electrons. The normalized spacial score (nSPS) is 51.4. The number of hydrogen-bond donors (Lipinski definition) is 1. The van der Waals surface area contributed by atoms with E-state index >= 15 is 0 Å². The van der Waals surface area contributed by atoms with Crippen molar-refractivity contribution in [1.82, 2.24) is 0 Å². The van der Waals surface area contributed by atoms with Crippen molar-refractivity contribution in [3.05, 3.63) is 11.6 Å². The van der Waals surface area contributed by atoms with E-state index in [2.05, 4.69) is 40.7 Å². The number of fused-ring (bicyclic) bond motifs is 5. The highest BCUT2D eigenvalue weighted by Gasteiger charge is 2.59. The lowest BCUT2D eigenvalue weighted by Crippen LogP contribution is -2.50. The Hall–Kier alpha value is -0.300. The van der Waals surface area contributed by atoms with Crippen molar-refractivity contribution in [3.63, 3.8) is 0 Å². The van der Waals surface area contributed by atoms with E-state index in [9.17, 15) is 5.11 Å². The average molecular weight is 399 g/mol. The summed E-state index contributed by atoms with van der Waals surface area (Å²) in [5.41, 5.74) is 3.26. The Labute approximate surface area is 180 Å². The van der Waals surface area contributed by atoms with Crippen LogP contribution in [0.1, 0.15) is 105 Å². The first-order valence-electron chi connectivity index (χ1n) is 13.0. The molecule has 0 aromatic heterocycles. The van der Waals surface area contributed by atoms with Crippen LogP contribution in [-0.4, -0.2) is 11.2 Å². The van der Waals surface area contributed by atoms with Crippen LogP contribution in [0, 0.1) is 51.8 Å². The van der Waals surface area contributed by atoms with E-state index in [1.807, 2.05) is 0 Å². The number of hydrogen-bond acceptors (Lipinski definition) is 1. The molecule has 4 fully saturated rings. The van der Waals surface area contributed by atoms with Gasteiger partial charge in [-0.15, -0.1) is 0 Å². The monoisotopic (exact) mass is 398 g/mol. The number of aliphatic hydroxyl groups is 1. The van der Waals surface area contributed by atoms with Crippen LogP contribution in [0.5, 0.6) is 0 Å². The Morgan fingerprint density at radius 3 is 2.52 bits per heavy atom. The zero-order valence-electron chi connectivity index (χ0n) is 19.8. The van der Waals surface area contributed by atoms with Gasteiger partial charge in [-0.25, -0.2) is 0 Å². The summed E-state index contributed by atoms with van der Waals surface area (Å²) in [4.78, 5) is 0. The number of rotatable bonds is 4. The summed E-state index contributed by atoms with van der Waals surface area (Å²) in [6, 6.07) is 0. The van der Waals surface area contributed by atoms with Crippen LogP contribution in [0.3, 0.4) is 0 Å². The first kappa shape index (κ1) is 20.6. The van der Waals surface area contributed by atoms with Crippen LogP contribution < -0.4 is 0 Å². The lowest BCUT2D eigenvalue weighted by Gasteiger charge is -2.58. The molecule has 1 N–H and O–H groups in total. The summed E-state index contributed by atoms with van der Waals surface area (Å²) < 4.78 is 0. The van der Waals surface area contributed by atoms with E-state index < -0.39 is 0 Å². The van der Waals surface area contributed by atoms with Gasteiger partial charge >= 0.3 is 0 Å². The molecular formula is C28H46O. The molecule has 0 saturated heterocycles. The molecule has 0 amide bonds. The van der Waals surface area contributed by atoms with Gasteiger partial charge in [0.05, 0.1) is 6.10 Å². The molecule has 0 spiro atoms. The van der Waals surface area contributed by atoms with Gasteiger partial charge in [-0.2, -0.15) is 0 Å². The van der Waals surface area contributed by atoms with Crippen molar-refractivity contribution in [1.29, 1.82) is 0 Å².